The number of esters is 1. The Morgan fingerprint density at radius 1 is 0.814 bits per heavy atom. The molecular formula is C32H25Cl2N3O5S. The van der Waals surface area contributed by atoms with Crippen molar-refractivity contribution in [3.63, 3.8) is 0 Å². The molecule has 8 nitrogen and oxygen atoms in total. The lowest BCUT2D eigenvalue weighted by molar-refractivity contribution is -0.114. The van der Waals surface area contributed by atoms with Crippen molar-refractivity contribution in [2.45, 2.75) is 4.90 Å². The zero-order valence-electron chi connectivity index (χ0n) is 22.7. The average molecular weight is 635 g/mol. The van der Waals surface area contributed by atoms with Crippen molar-refractivity contribution in [1.82, 2.24) is 5.32 Å². The van der Waals surface area contributed by atoms with Gasteiger partial charge in [-0.25, -0.2) is 4.79 Å². The molecule has 4 aromatic rings. The molecule has 0 atom stereocenters. The van der Waals surface area contributed by atoms with Crippen LogP contribution >= 0.6 is 35.0 Å². The summed E-state index contributed by atoms with van der Waals surface area (Å²) in [6.07, 6.45) is 1.45. The van der Waals surface area contributed by atoms with Crippen molar-refractivity contribution in [3.05, 3.63) is 129 Å². The van der Waals surface area contributed by atoms with Crippen LogP contribution in [0.2, 0.25) is 10.0 Å². The molecule has 0 saturated carbocycles. The van der Waals surface area contributed by atoms with E-state index in [9.17, 15) is 19.2 Å². The highest BCUT2D eigenvalue weighted by molar-refractivity contribution is 8.00. The van der Waals surface area contributed by atoms with Crippen molar-refractivity contribution >= 4 is 76.1 Å². The summed E-state index contributed by atoms with van der Waals surface area (Å²) in [5.74, 6) is -1.82. The molecule has 0 aliphatic heterocycles. The van der Waals surface area contributed by atoms with E-state index in [2.05, 4.69) is 16.0 Å². The van der Waals surface area contributed by atoms with Crippen LogP contribution in [0.1, 0.15) is 26.3 Å². The molecule has 0 fully saturated rings. The van der Waals surface area contributed by atoms with Crippen LogP contribution in [0.25, 0.3) is 6.08 Å². The first kappa shape index (κ1) is 31.4. The SMILES string of the molecule is COC(=O)c1ccccc1NC(=O)CSc1ccc(NC(=O)/C(=C/c2cccc(Cl)c2Cl)NC(=O)c2ccccc2)cc1. The summed E-state index contributed by atoms with van der Waals surface area (Å²) in [6, 6.07) is 26.9. The monoisotopic (exact) mass is 633 g/mol. The summed E-state index contributed by atoms with van der Waals surface area (Å²) in [6.45, 7) is 0. The second kappa shape index (κ2) is 15.1. The Morgan fingerprint density at radius 3 is 2.23 bits per heavy atom. The summed E-state index contributed by atoms with van der Waals surface area (Å²) in [5, 5.41) is 8.70. The number of ether oxygens (including phenoxy) is 1. The predicted molar refractivity (Wildman–Crippen MR) is 171 cm³/mol. The van der Waals surface area contributed by atoms with Gasteiger partial charge in [0.05, 0.1) is 34.2 Å². The lowest BCUT2D eigenvalue weighted by Crippen LogP contribution is -2.30. The average Bonchev–Trinajstić information content (AvgIpc) is 3.02. The molecule has 11 heteroatoms. The minimum Gasteiger partial charge on any atom is -0.465 e. The molecule has 0 radical (unpaired) electrons. The standard InChI is InChI=1S/C32H25Cl2N3O5S/c1-42-32(41)24-11-5-6-13-26(24)36-28(38)19-43-23-16-14-22(15-17-23)35-31(40)27(18-21-10-7-12-25(33)29(21)34)37-30(39)20-8-3-2-4-9-20/h2-18H,19H2,1H3,(H,35,40)(H,36,38)(H,37,39)/b27-18-. The first-order chi connectivity index (χ1) is 20.7. The van der Waals surface area contributed by atoms with Gasteiger partial charge in [-0.15, -0.1) is 11.8 Å². The maximum atomic E-state index is 13.3. The first-order valence-corrected chi connectivity index (χ1v) is 14.5. The Morgan fingerprint density at radius 2 is 1.51 bits per heavy atom. The number of benzene rings is 4. The van der Waals surface area contributed by atoms with Gasteiger partial charge in [-0.2, -0.15) is 0 Å². The minimum atomic E-state index is -0.579. The number of hydrogen-bond donors (Lipinski definition) is 3. The molecule has 4 aromatic carbocycles. The number of nitrogens with one attached hydrogen (secondary N) is 3. The number of hydrogen-bond acceptors (Lipinski definition) is 6. The fraction of sp³-hybridized carbons (Fsp3) is 0.0625. The van der Waals surface area contributed by atoms with Crippen LogP contribution in [-0.2, 0) is 14.3 Å². The molecule has 0 saturated heterocycles. The lowest BCUT2D eigenvalue weighted by Gasteiger charge is -2.12. The molecule has 0 spiro atoms. The van der Waals surface area contributed by atoms with E-state index in [1.165, 1.54) is 24.9 Å². The van der Waals surface area contributed by atoms with E-state index in [-0.39, 0.29) is 27.9 Å². The lowest BCUT2D eigenvalue weighted by atomic mass is 10.1. The highest BCUT2D eigenvalue weighted by atomic mass is 35.5. The number of thioether (sulfide) groups is 1. The smallest absolute Gasteiger partial charge is 0.339 e. The van der Waals surface area contributed by atoms with Gasteiger partial charge in [0, 0.05) is 16.1 Å². The zero-order chi connectivity index (χ0) is 30.8. The van der Waals surface area contributed by atoms with Crippen LogP contribution < -0.4 is 16.0 Å². The van der Waals surface area contributed by atoms with Crippen LogP contribution in [0.3, 0.4) is 0 Å². The number of anilines is 2. The number of carbonyl (C=O) groups excluding carboxylic acids is 4. The Balaban J connectivity index is 1.42. The van der Waals surface area contributed by atoms with Gasteiger partial charge in [-0.1, -0.05) is 65.7 Å². The summed E-state index contributed by atoms with van der Waals surface area (Å²) in [4.78, 5) is 51.4. The molecule has 0 aromatic heterocycles. The Bertz CT molecular complexity index is 1680. The van der Waals surface area contributed by atoms with E-state index in [4.69, 9.17) is 27.9 Å². The van der Waals surface area contributed by atoms with E-state index in [1.54, 1.807) is 97.1 Å². The Kier molecular flexibility index (Phi) is 11.0. The molecule has 43 heavy (non-hydrogen) atoms. The molecule has 218 valence electrons. The van der Waals surface area contributed by atoms with Gasteiger partial charge < -0.3 is 20.7 Å². The molecular weight excluding hydrogens is 609 g/mol. The maximum Gasteiger partial charge on any atom is 0.339 e. The van der Waals surface area contributed by atoms with E-state index in [0.29, 0.717) is 27.5 Å². The van der Waals surface area contributed by atoms with Crippen LogP contribution in [0.5, 0.6) is 0 Å². The second-order valence-electron chi connectivity index (χ2n) is 8.87. The maximum absolute atomic E-state index is 13.3. The van der Waals surface area contributed by atoms with Gasteiger partial charge in [-0.3, -0.25) is 14.4 Å². The highest BCUT2D eigenvalue weighted by Gasteiger charge is 2.17. The van der Waals surface area contributed by atoms with Gasteiger partial charge in [-0.05, 0) is 66.2 Å². The quantitative estimate of drug-likeness (QED) is 0.0992. The number of amides is 3. The van der Waals surface area contributed by atoms with Gasteiger partial charge in [0.1, 0.15) is 5.70 Å². The van der Waals surface area contributed by atoms with Crippen molar-refractivity contribution < 1.29 is 23.9 Å². The zero-order valence-corrected chi connectivity index (χ0v) is 25.1. The topological polar surface area (TPSA) is 114 Å². The minimum absolute atomic E-state index is 0.0413. The second-order valence-corrected chi connectivity index (χ2v) is 10.7. The summed E-state index contributed by atoms with van der Waals surface area (Å²) < 4.78 is 4.76. The summed E-state index contributed by atoms with van der Waals surface area (Å²) in [7, 11) is 1.27. The third kappa shape index (κ3) is 8.71. The van der Waals surface area contributed by atoms with E-state index in [0.717, 1.165) is 4.90 Å². The largest absolute Gasteiger partial charge is 0.465 e. The van der Waals surface area contributed by atoms with Crippen molar-refractivity contribution in [2.24, 2.45) is 0 Å². The van der Waals surface area contributed by atoms with Crippen LogP contribution in [0.4, 0.5) is 11.4 Å². The Labute approximate surface area is 262 Å². The number of methoxy groups -OCH3 is 1. The first-order valence-electron chi connectivity index (χ1n) is 12.8. The number of halogens is 2. The Hall–Kier alpha value is -4.57. The van der Waals surface area contributed by atoms with Crippen molar-refractivity contribution in [1.29, 1.82) is 0 Å². The van der Waals surface area contributed by atoms with E-state index >= 15 is 0 Å². The fourth-order valence-corrected chi connectivity index (χ4v) is 4.84. The summed E-state index contributed by atoms with van der Waals surface area (Å²) >= 11 is 13.7. The molecule has 3 amide bonds. The highest BCUT2D eigenvalue weighted by Crippen LogP contribution is 2.27. The molecule has 0 aliphatic rings. The van der Waals surface area contributed by atoms with Gasteiger partial charge >= 0.3 is 5.97 Å². The van der Waals surface area contributed by atoms with Gasteiger partial charge in [0.15, 0.2) is 0 Å². The molecule has 0 heterocycles. The van der Waals surface area contributed by atoms with Gasteiger partial charge in [0.2, 0.25) is 5.91 Å². The van der Waals surface area contributed by atoms with Crippen molar-refractivity contribution in [3.8, 4) is 0 Å². The van der Waals surface area contributed by atoms with Crippen LogP contribution in [0.15, 0.2) is 108 Å². The van der Waals surface area contributed by atoms with Crippen LogP contribution in [0, 0.1) is 0 Å². The third-order valence-corrected chi connectivity index (χ3v) is 7.74. The van der Waals surface area contributed by atoms with Crippen LogP contribution in [-0.4, -0.2) is 36.6 Å². The van der Waals surface area contributed by atoms with Gasteiger partial charge in [0.25, 0.3) is 11.8 Å². The molecule has 0 unspecified atom stereocenters. The molecule has 0 aliphatic carbocycles. The van der Waals surface area contributed by atoms with Crippen molar-refractivity contribution in [2.75, 3.05) is 23.5 Å². The molecule has 4 rings (SSSR count). The summed E-state index contributed by atoms with van der Waals surface area (Å²) in [5.41, 5.74) is 1.86. The fourth-order valence-electron chi connectivity index (χ4n) is 3.78. The molecule has 0 bridgehead atoms. The molecule has 3 N–H and O–H groups in total. The number of carbonyl (C=O) groups is 4. The predicted octanol–water partition coefficient (Wildman–Crippen LogP) is 6.92. The number of rotatable bonds is 10. The van der Waals surface area contributed by atoms with E-state index in [1.807, 2.05) is 0 Å². The normalized spacial score (nSPS) is 10.9. The number of para-hydroxylation sites is 1. The van der Waals surface area contributed by atoms with E-state index < -0.39 is 17.8 Å². The third-order valence-electron chi connectivity index (χ3n) is 5.90.